The van der Waals surface area contributed by atoms with E-state index in [-0.39, 0.29) is 0 Å². The predicted octanol–water partition coefficient (Wildman–Crippen LogP) is 1.57. The van der Waals surface area contributed by atoms with Crippen molar-refractivity contribution < 1.29 is 0 Å². The van der Waals surface area contributed by atoms with Gasteiger partial charge < -0.3 is 0 Å². The van der Waals surface area contributed by atoms with Crippen LogP contribution in [-0.2, 0) is 0 Å². The minimum Gasteiger partial charge on any atom is -0.292 e. The third kappa shape index (κ3) is 2.86. The van der Waals surface area contributed by atoms with E-state index in [0.29, 0.717) is 5.95 Å². The molecule has 0 radical (unpaired) electrons. The molecule has 1 aromatic heterocycles. The summed E-state index contributed by atoms with van der Waals surface area (Å²) in [5.74, 6) is 6.76. The Morgan fingerprint density at radius 2 is 2.38 bits per heavy atom. The summed E-state index contributed by atoms with van der Waals surface area (Å²) in [5.41, 5.74) is 3.53. The second kappa shape index (κ2) is 5.04. The van der Waals surface area contributed by atoms with Crippen molar-refractivity contribution in [1.29, 1.82) is 0 Å². The molecule has 1 aromatic rings. The molecule has 1 rings (SSSR count). The third-order valence-electron chi connectivity index (χ3n) is 1.50. The molecule has 0 aliphatic heterocycles. The van der Waals surface area contributed by atoms with Crippen LogP contribution in [0.2, 0.25) is 0 Å². The van der Waals surface area contributed by atoms with Crippen molar-refractivity contribution in [2.24, 2.45) is 5.84 Å². The molecule has 0 amide bonds. The van der Waals surface area contributed by atoms with Crippen molar-refractivity contribution in [3.63, 3.8) is 0 Å². The molecule has 4 nitrogen and oxygen atoms in total. The van der Waals surface area contributed by atoms with Gasteiger partial charge in [0.1, 0.15) is 5.03 Å². The van der Waals surface area contributed by atoms with Crippen LogP contribution in [0.4, 0.5) is 5.95 Å². The third-order valence-corrected chi connectivity index (χ3v) is 2.80. The number of thioether (sulfide) groups is 1. The number of nitrogens with zero attached hydrogens (tertiary/aromatic N) is 2. The van der Waals surface area contributed by atoms with E-state index in [1.165, 1.54) is 0 Å². The van der Waals surface area contributed by atoms with Crippen LogP contribution in [-0.4, -0.2) is 15.7 Å². The zero-order valence-electron chi connectivity index (χ0n) is 7.87. The van der Waals surface area contributed by atoms with Gasteiger partial charge in [-0.05, 0) is 24.7 Å². The van der Waals surface area contributed by atoms with E-state index < -0.39 is 0 Å². The number of hydrogen-bond donors (Lipinski definition) is 2. The van der Waals surface area contributed by atoms with Gasteiger partial charge in [-0.2, -0.15) is 0 Å². The average Bonchev–Trinajstić information content (AvgIpc) is 2.17. The SMILES string of the molecule is CCCSc1nc(NN)ncc1C. The topological polar surface area (TPSA) is 63.8 Å². The first-order valence-corrected chi connectivity index (χ1v) is 5.19. The Hall–Kier alpha value is -0.810. The standard InChI is InChI=1S/C8H14N4S/c1-3-4-13-7-6(2)5-10-8(11-7)12-9/h5H,3-4,9H2,1-2H3,(H,10,11,12). The summed E-state index contributed by atoms with van der Waals surface area (Å²) in [6, 6.07) is 0. The molecule has 0 bridgehead atoms. The van der Waals surface area contributed by atoms with Crippen molar-refractivity contribution in [3.8, 4) is 0 Å². The molecule has 0 saturated carbocycles. The van der Waals surface area contributed by atoms with Crippen LogP contribution in [0.3, 0.4) is 0 Å². The van der Waals surface area contributed by atoms with E-state index in [1.807, 2.05) is 6.92 Å². The molecule has 72 valence electrons. The summed E-state index contributed by atoms with van der Waals surface area (Å²) >= 11 is 1.73. The van der Waals surface area contributed by atoms with Crippen LogP contribution in [0.15, 0.2) is 11.2 Å². The summed E-state index contributed by atoms with van der Waals surface area (Å²) in [6.45, 7) is 4.14. The first-order chi connectivity index (χ1) is 6.27. The first-order valence-electron chi connectivity index (χ1n) is 4.21. The molecule has 0 unspecified atom stereocenters. The molecule has 3 N–H and O–H groups in total. The van der Waals surface area contributed by atoms with E-state index in [0.717, 1.165) is 22.8 Å². The van der Waals surface area contributed by atoms with Crippen LogP contribution in [0.25, 0.3) is 0 Å². The summed E-state index contributed by atoms with van der Waals surface area (Å²) in [4.78, 5) is 8.25. The fraction of sp³-hybridized carbons (Fsp3) is 0.500. The van der Waals surface area contributed by atoms with Gasteiger partial charge in [0, 0.05) is 6.20 Å². The maximum absolute atomic E-state index is 5.21. The van der Waals surface area contributed by atoms with Gasteiger partial charge in [0.2, 0.25) is 5.95 Å². The fourth-order valence-electron chi connectivity index (χ4n) is 0.841. The van der Waals surface area contributed by atoms with Crippen molar-refractivity contribution in [2.45, 2.75) is 25.3 Å². The largest absolute Gasteiger partial charge is 0.292 e. The monoisotopic (exact) mass is 198 g/mol. The maximum Gasteiger partial charge on any atom is 0.238 e. The number of nitrogens with one attached hydrogen (secondary N) is 1. The lowest BCUT2D eigenvalue weighted by atomic mass is 10.4. The van der Waals surface area contributed by atoms with E-state index in [2.05, 4.69) is 22.3 Å². The quantitative estimate of drug-likeness (QED) is 0.333. The van der Waals surface area contributed by atoms with Gasteiger partial charge in [-0.15, -0.1) is 11.8 Å². The van der Waals surface area contributed by atoms with Gasteiger partial charge in [0.05, 0.1) is 0 Å². The highest BCUT2D eigenvalue weighted by Crippen LogP contribution is 2.20. The molecule has 13 heavy (non-hydrogen) atoms. The fourth-order valence-corrected chi connectivity index (χ4v) is 1.67. The maximum atomic E-state index is 5.21. The van der Waals surface area contributed by atoms with Crippen LogP contribution >= 0.6 is 11.8 Å². The average molecular weight is 198 g/mol. The van der Waals surface area contributed by atoms with Crippen LogP contribution in [0.5, 0.6) is 0 Å². The lowest BCUT2D eigenvalue weighted by Gasteiger charge is -2.04. The van der Waals surface area contributed by atoms with E-state index in [1.54, 1.807) is 18.0 Å². The summed E-state index contributed by atoms with van der Waals surface area (Å²) in [5, 5.41) is 1.00. The lowest BCUT2D eigenvalue weighted by molar-refractivity contribution is 0.987. The Bertz CT molecular complexity index is 277. The smallest absolute Gasteiger partial charge is 0.238 e. The molecule has 1 heterocycles. The number of hydrogen-bond acceptors (Lipinski definition) is 5. The lowest BCUT2D eigenvalue weighted by Crippen LogP contribution is -2.10. The minimum absolute atomic E-state index is 0.476. The van der Waals surface area contributed by atoms with E-state index >= 15 is 0 Å². The van der Waals surface area contributed by atoms with Crippen LogP contribution < -0.4 is 11.3 Å². The zero-order chi connectivity index (χ0) is 9.68. The molecule has 0 saturated heterocycles. The molecule has 0 aliphatic rings. The number of nitrogen functional groups attached to an aromatic ring is 1. The van der Waals surface area contributed by atoms with Gasteiger partial charge >= 0.3 is 0 Å². The second-order valence-electron chi connectivity index (χ2n) is 2.67. The van der Waals surface area contributed by atoms with Gasteiger partial charge in [-0.1, -0.05) is 6.92 Å². The van der Waals surface area contributed by atoms with Crippen LogP contribution in [0, 0.1) is 6.92 Å². The highest BCUT2D eigenvalue weighted by Gasteiger charge is 2.02. The number of rotatable bonds is 4. The molecule has 0 aromatic carbocycles. The van der Waals surface area contributed by atoms with E-state index in [9.17, 15) is 0 Å². The number of anilines is 1. The molecular weight excluding hydrogens is 184 g/mol. The Morgan fingerprint density at radius 3 is 3.00 bits per heavy atom. The Balaban J connectivity index is 2.78. The van der Waals surface area contributed by atoms with Crippen molar-refractivity contribution >= 4 is 17.7 Å². The highest BCUT2D eigenvalue weighted by atomic mass is 32.2. The summed E-state index contributed by atoms with van der Waals surface area (Å²) < 4.78 is 0. The normalized spacial score (nSPS) is 10.1. The van der Waals surface area contributed by atoms with Gasteiger partial charge in [-0.25, -0.2) is 15.8 Å². The minimum atomic E-state index is 0.476. The number of hydrazine groups is 1. The van der Waals surface area contributed by atoms with Gasteiger partial charge in [0.25, 0.3) is 0 Å². The Morgan fingerprint density at radius 1 is 1.62 bits per heavy atom. The van der Waals surface area contributed by atoms with Gasteiger partial charge in [0.15, 0.2) is 0 Å². The molecule has 5 heteroatoms. The summed E-state index contributed by atoms with van der Waals surface area (Å²) in [6.07, 6.45) is 2.92. The number of nitrogens with two attached hydrogens (primary N) is 1. The van der Waals surface area contributed by atoms with Crippen LogP contribution in [0.1, 0.15) is 18.9 Å². The number of aromatic nitrogens is 2. The Kier molecular flexibility index (Phi) is 3.98. The molecule has 0 spiro atoms. The molecule has 0 fully saturated rings. The molecular formula is C8H14N4S. The Labute approximate surface area is 82.3 Å². The highest BCUT2D eigenvalue weighted by molar-refractivity contribution is 7.99. The van der Waals surface area contributed by atoms with E-state index in [4.69, 9.17) is 5.84 Å². The molecule has 0 aliphatic carbocycles. The second-order valence-corrected chi connectivity index (χ2v) is 3.76. The first kappa shape index (κ1) is 10.3. The van der Waals surface area contributed by atoms with Crippen molar-refractivity contribution in [1.82, 2.24) is 9.97 Å². The van der Waals surface area contributed by atoms with Gasteiger partial charge in [-0.3, -0.25) is 5.43 Å². The molecule has 0 atom stereocenters. The van der Waals surface area contributed by atoms with Crippen molar-refractivity contribution in [3.05, 3.63) is 11.8 Å². The number of aryl methyl sites for hydroxylation is 1. The van der Waals surface area contributed by atoms with Crippen molar-refractivity contribution in [2.75, 3.05) is 11.2 Å². The zero-order valence-corrected chi connectivity index (χ0v) is 8.69. The predicted molar refractivity (Wildman–Crippen MR) is 55.6 cm³/mol. The summed E-state index contributed by atoms with van der Waals surface area (Å²) in [7, 11) is 0.